The average Bonchev–Trinajstić information content (AvgIpc) is 2.89. The van der Waals surface area contributed by atoms with Gasteiger partial charge in [-0.25, -0.2) is 4.99 Å². The molecule has 0 fully saturated rings. The number of fused-ring (bicyclic) bond motifs is 1. The van der Waals surface area contributed by atoms with E-state index in [2.05, 4.69) is 4.99 Å². The second-order valence-electron chi connectivity index (χ2n) is 7.20. The molecule has 0 spiro atoms. The highest BCUT2D eigenvalue weighted by Gasteiger charge is 2.12. The number of nitrogens with two attached hydrogens (primary N) is 1. The van der Waals surface area contributed by atoms with Crippen LogP contribution >= 0.6 is 0 Å². The van der Waals surface area contributed by atoms with Crippen LogP contribution in [0.5, 0.6) is 0 Å². The second-order valence-corrected chi connectivity index (χ2v) is 7.20. The number of aliphatic hydroxyl groups excluding tert-OH is 1. The van der Waals surface area contributed by atoms with Crippen LogP contribution in [0.1, 0.15) is 27.9 Å². The Morgan fingerprint density at radius 2 is 1.86 bits per heavy atom. The van der Waals surface area contributed by atoms with Gasteiger partial charge in [0.2, 0.25) is 0 Å². The van der Waals surface area contributed by atoms with Crippen molar-refractivity contribution in [3.05, 3.63) is 58.7 Å². The molecular formula is C23H25N3O3. The molecule has 29 heavy (non-hydrogen) atoms. The Morgan fingerprint density at radius 1 is 1.10 bits per heavy atom. The minimum Gasteiger partial charge on any atom is -0.395 e. The molecule has 150 valence electrons. The van der Waals surface area contributed by atoms with Crippen molar-refractivity contribution in [2.24, 2.45) is 10.7 Å². The van der Waals surface area contributed by atoms with E-state index in [9.17, 15) is 9.59 Å². The van der Waals surface area contributed by atoms with E-state index in [0.29, 0.717) is 36.4 Å². The molecule has 0 bridgehead atoms. The predicted molar refractivity (Wildman–Crippen MR) is 115 cm³/mol. The number of hydrogen-bond acceptors (Lipinski definition) is 6. The smallest absolute Gasteiger partial charge is 0.150 e. The molecule has 0 amide bonds. The molecule has 2 aromatic carbocycles. The zero-order valence-corrected chi connectivity index (χ0v) is 16.5. The number of aldehydes is 2. The maximum atomic E-state index is 11.5. The van der Waals surface area contributed by atoms with Crippen LogP contribution in [0.15, 0.2) is 47.0 Å². The molecule has 1 aliphatic heterocycles. The third-order valence-corrected chi connectivity index (χ3v) is 5.02. The first-order chi connectivity index (χ1) is 14.0. The summed E-state index contributed by atoms with van der Waals surface area (Å²) in [5.41, 5.74) is 11.7. The first-order valence-electron chi connectivity index (χ1n) is 9.54. The summed E-state index contributed by atoms with van der Waals surface area (Å²) >= 11 is 0. The van der Waals surface area contributed by atoms with Crippen LogP contribution in [0.25, 0.3) is 17.2 Å². The van der Waals surface area contributed by atoms with Crippen molar-refractivity contribution >= 4 is 30.2 Å². The van der Waals surface area contributed by atoms with Crippen LogP contribution in [0.3, 0.4) is 0 Å². The first kappa shape index (κ1) is 20.6. The summed E-state index contributed by atoms with van der Waals surface area (Å²) in [5, 5.41) is 9.05. The molecule has 1 aliphatic rings. The van der Waals surface area contributed by atoms with Gasteiger partial charge in [-0.1, -0.05) is 30.3 Å². The molecular weight excluding hydrogens is 366 g/mol. The van der Waals surface area contributed by atoms with Crippen LogP contribution in [0.4, 0.5) is 5.69 Å². The highest BCUT2D eigenvalue weighted by molar-refractivity contribution is 5.98. The Hall–Kier alpha value is -3.09. The van der Waals surface area contributed by atoms with Gasteiger partial charge in [0.1, 0.15) is 18.4 Å². The number of amidine groups is 1. The molecule has 6 nitrogen and oxygen atoms in total. The quantitative estimate of drug-likeness (QED) is 0.675. The molecule has 6 heteroatoms. The first-order valence-corrected chi connectivity index (χ1v) is 9.54. The van der Waals surface area contributed by atoms with Gasteiger partial charge in [0.25, 0.3) is 0 Å². The Morgan fingerprint density at radius 3 is 2.59 bits per heavy atom. The van der Waals surface area contributed by atoms with Gasteiger partial charge >= 0.3 is 0 Å². The van der Waals surface area contributed by atoms with E-state index in [4.69, 9.17) is 10.8 Å². The third-order valence-electron chi connectivity index (χ3n) is 5.02. The number of aliphatic hydroxyl groups is 1. The lowest BCUT2D eigenvalue weighted by molar-refractivity contribution is -0.104. The van der Waals surface area contributed by atoms with Gasteiger partial charge in [0.05, 0.1) is 12.3 Å². The summed E-state index contributed by atoms with van der Waals surface area (Å²) in [6.07, 6.45) is 4.54. The summed E-state index contributed by atoms with van der Waals surface area (Å²) in [5.74, 6) is 0.406. The maximum absolute atomic E-state index is 11.5. The van der Waals surface area contributed by atoms with E-state index in [-0.39, 0.29) is 6.61 Å². The zero-order valence-electron chi connectivity index (χ0n) is 16.5. The minimum absolute atomic E-state index is 0.107. The topological polar surface area (TPSA) is 96.0 Å². The fraction of sp³-hybridized carbons (Fsp3) is 0.261. The third kappa shape index (κ3) is 5.04. The molecule has 3 N–H and O–H groups in total. The minimum atomic E-state index is 0.107. The summed E-state index contributed by atoms with van der Waals surface area (Å²) in [6, 6.07) is 11.6. The van der Waals surface area contributed by atoms with Crippen molar-refractivity contribution in [2.45, 2.75) is 12.8 Å². The number of carbonyl (C=O) groups is 2. The van der Waals surface area contributed by atoms with Gasteiger partial charge in [-0.05, 0) is 42.3 Å². The van der Waals surface area contributed by atoms with E-state index in [0.717, 1.165) is 47.1 Å². The fourth-order valence-corrected chi connectivity index (χ4v) is 3.38. The molecule has 0 unspecified atom stereocenters. The predicted octanol–water partition coefficient (Wildman–Crippen LogP) is 2.61. The van der Waals surface area contributed by atoms with Crippen LogP contribution in [-0.2, 0) is 11.2 Å². The second kappa shape index (κ2) is 9.41. The van der Waals surface area contributed by atoms with E-state index >= 15 is 0 Å². The molecule has 0 saturated carbocycles. The van der Waals surface area contributed by atoms with E-state index in [1.54, 1.807) is 0 Å². The van der Waals surface area contributed by atoms with E-state index in [1.807, 2.05) is 54.4 Å². The average molecular weight is 391 g/mol. The lowest BCUT2D eigenvalue weighted by Crippen LogP contribution is -2.24. The van der Waals surface area contributed by atoms with E-state index in [1.165, 1.54) is 0 Å². The van der Waals surface area contributed by atoms with Crippen LogP contribution in [0.2, 0.25) is 0 Å². The highest BCUT2D eigenvalue weighted by atomic mass is 16.3. The molecule has 3 rings (SSSR count). The van der Waals surface area contributed by atoms with Gasteiger partial charge < -0.3 is 15.7 Å². The Bertz CT molecular complexity index is 979. The standard InChI is InChI=1S/C23H25N3O3/c1-26(8-9-27)7-6-19-12-17(3-5-21(19)15-29)18-2-4-20-10-16(14-28)11-23(24)25-22(20)13-18/h2-5,10,12-15,27H,6-9,11H2,1H3,(H2,24,25). The number of rotatable bonds is 8. The molecule has 0 saturated heterocycles. The summed E-state index contributed by atoms with van der Waals surface area (Å²) in [6.45, 7) is 1.45. The number of likely N-dealkylation sites (N-methyl/N-ethyl adjacent to an activating group) is 1. The van der Waals surface area contributed by atoms with Crippen LogP contribution < -0.4 is 5.73 Å². The normalized spacial score (nSPS) is 13.3. The van der Waals surface area contributed by atoms with Crippen molar-refractivity contribution in [3.63, 3.8) is 0 Å². The molecule has 0 atom stereocenters. The largest absolute Gasteiger partial charge is 0.395 e. The van der Waals surface area contributed by atoms with Gasteiger partial charge in [-0.3, -0.25) is 9.59 Å². The number of benzene rings is 2. The van der Waals surface area contributed by atoms with Crippen LogP contribution in [-0.4, -0.2) is 55.2 Å². The van der Waals surface area contributed by atoms with Gasteiger partial charge in [-0.15, -0.1) is 0 Å². The monoisotopic (exact) mass is 391 g/mol. The number of carbonyl (C=O) groups excluding carboxylic acids is 2. The summed E-state index contributed by atoms with van der Waals surface area (Å²) in [4.78, 5) is 29.1. The van der Waals surface area contributed by atoms with Gasteiger partial charge in [-0.2, -0.15) is 0 Å². The van der Waals surface area contributed by atoms with E-state index < -0.39 is 0 Å². The summed E-state index contributed by atoms with van der Waals surface area (Å²) in [7, 11) is 1.94. The molecule has 2 aromatic rings. The zero-order chi connectivity index (χ0) is 20.8. The fourth-order valence-electron chi connectivity index (χ4n) is 3.38. The Balaban J connectivity index is 1.94. The number of aliphatic imine (C=N–C) groups is 1. The van der Waals surface area contributed by atoms with Crippen molar-refractivity contribution in [1.29, 1.82) is 0 Å². The van der Waals surface area contributed by atoms with Gasteiger partial charge in [0, 0.05) is 36.2 Å². The van der Waals surface area contributed by atoms with Crippen molar-refractivity contribution in [3.8, 4) is 11.1 Å². The Labute approximate surface area is 170 Å². The molecule has 0 aromatic heterocycles. The van der Waals surface area contributed by atoms with Gasteiger partial charge in [0.15, 0.2) is 0 Å². The number of nitrogens with zero attached hydrogens (tertiary/aromatic N) is 2. The SMILES string of the molecule is CN(CCO)CCc1cc(-c2ccc3c(c2)N=C(N)CC(C=O)=C3)ccc1C=O. The van der Waals surface area contributed by atoms with Crippen LogP contribution in [0, 0.1) is 0 Å². The summed E-state index contributed by atoms with van der Waals surface area (Å²) < 4.78 is 0. The highest BCUT2D eigenvalue weighted by Crippen LogP contribution is 2.32. The van der Waals surface area contributed by atoms with Crippen molar-refractivity contribution < 1.29 is 14.7 Å². The number of hydrogen-bond donors (Lipinski definition) is 2. The maximum Gasteiger partial charge on any atom is 0.150 e. The lowest BCUT2D eigenvalue weighted by Gasteiger charge is -2.16. The van der Waals surface area contributed by atoms with Crippen molar-refractivity contribution in [2.75, 3.05) is 26.7 Å². The molecule has 0 aliphatic carbocycles. The van der Waals surface area contributed by atoms with Crippen molar-refractivity contribution in [1.82, 2.24) is 4.90 Å². The molecule has 0 radical (unpaired) electrons. The molecule has 1 heterocycles. The lowest BCUT2D eigenvalue weighted by atomic mass is 9.96. The Kier molecular flexibility index (Phi) is 6.69.